The summed E-state index contributed by atoms with van der Waals surface area (Å²) in [5.41, 5.74) is 4.40. The summed E-state index contributed by atoms with van der Waals surface area (Å²) in [5.74, 6) is 1.21. The number of para-hydroxylation sites is 1. The number of aromatic carboxylic acids is 1. The van der Waals surface area contributed by atoms with E-state index in [-0.39, 0.29) is 23.6 Å². The number of halogens is 1. The van der Waals surface area contributed by atoms with E-state index in [0.29, 0.717) is 40.4 Å². The molecule has 0 aliphatic heterocycles. The second kappa shape index (κ2) is 14.0. The molecule has 0 bridgehead atoms. The number of fused-ring (bicyclic) bond motifs is 1. The molecule has 0 amide bonds. The smallest absolute Gasteiger partial charge is 0.335 e. The van der Waals surface area contributed by atoms with Gasteiger partial charge in [-0.25, -0.2) is 9.78 Å². The van der Waals surface area contributed by atoms with E-state index in [2.05, 4.69) is 29.8 Å². The normalized spacial score (nSPS) is 11.4. The Labute approximate surface area is 275 Å². The zero-order chi connectivity index (χ0) is 33.0. The maximum Gasteiger partial charge on any atom is 0.335 e. The molecule has 0 fully saturated rings. The summed E-state index contributed by atoms with van der Waals surface area (Å²) in [6.45, 7) is 8.79. The first-order valence-electron chi connectivity index (χ1n) is 14.8. The number of nitrogens with zero attached hydrogens (tertiary/aromatic N) is 3. The quantitative estimate of drug-likeness (QED) is 0.141. The largest absolute Gasteiger partial charge is 0.494 e. The third kappa shape index (κ3) is 6.82. The van der Waals surface area contributed by atoms with Gasteiger partial charge in [-0.05, 0) is 85.0 Å². The van der Waals surface area contributed by atoms with Gasteiger partial charge in [-0.2, -0.15) is 9.78 Å². The molecule has 0 spiro atoms. The Hall–Kier alpha value is -4.96. The molecule has 236 valence electrons. The van der Waals surface area contributed by atoms with Gasteiger partial charge in [-0.1, -0.05) is 54.0 Å². The number of methoxy groups -OCH3 is 1. The van der Waals surface area contributed by atoms with Gasteiger partial charge >= 0.3 is 5.97 Å². The number of hydrogen-bond donors (Lipinski definition) is 1. The second-order valence-electron chi connectivity index (χ2n) is 10.9. The van der Waals surface area contributed by atoms with Crippen LogP contribution in [0.2, 0.25) is 0 Å². The van der Waals surface area contributed by atoms with Crippen LogP contribution >= 0.6 is 15.9 Å². The van der Waals surface area contributed by atoms with Crippen LogP contribution < -0.4 is 19.8 Å². The number of carboxylic acid groups (broad SMARTS) is 1. The molecule has 4 aromatic carbocycles. The predicted molar refractivity (Wildman–Crippen MR) is 183 cm³/mol. The number of benzene rings is 4. The molecule has 0 saturated heterocycles. The molecule has 1 heterocycles. The number of ether oxygens (including phenoxy) is 3. The van der Waals surface area contributed by atoms with Crippen molar-refractivity contribution in [2.75, 3.05) is 13.7 Å². The summed E-state index contributed by atoms with van der Waals surface area (Å²) in [7, 11) is 1.54. The predicted octanol–water partition coefficient (Wildman–Crippen LogP) is 7.82. The molecule has 0 unspecified atom stereocenters. The van der Waals surface area contributed by atoms with Crippen molar-refractivity contribution in [2.45, 2.75) is 40.2 Å². The summed E-state index contributed by atoms with van der Waals surface area (Å²) >= 11 is 3.53. The van der Waals surface area contributed by atoms with Crippen LogP contribution in [0.5, 0.6) is 17.2 Å². The van der Waals surface area contributed by atoms with E-state index in [0.717, 1.165) is 32.5 Å². The Morgan fingerprint density at radius 2 is 1.78 bits per heavy atom. The Balaban J connectivity index is 1.64. The Bertz CT molecular complexity index is 2000. The summed E-state index contributed by atoms with van der Waals surface area (Å²) in [4.78, 5) is 30.2. The first-order chi connectivity index (χ1) is 22.1. The van der Waals surface area contributed by atoms with Crippen molar-refractivity contribution in [3.05, 3.63) is 115 Å². The molecule has 5 rings (SSSR count). The van der Waals surface area contributed by atoms with Crippen molar-refractivity contribution in [3.8, 4) is 28.6 Å². The van der Waals surface area contributed by atoms with E-state index in [1.807, 2.05) is 44.2 Å². The average Bonchev–Trinajstić information content (AvgIpc) is 3.03. The fraction of sp³-hybridized carbons (Fsp3) is 0.222. The number of rotatable bonds is 11. The van der Waals surface area contributed by atoms with E-state index >= 15 is 0 Å². The van der Waals surface area contributed by atoms with E-state index < -0.39 is 5.97 Å². The Morgan fingerprint density at radius 3 is 2.46 bits per heavy atom. The number of carbonyl (C=O) groups is 1. The summed E-state index contributed by atoms with van der Waals surface area (Å²) in [6, 6.07) is 21.2. The van der Waals surface area contributed by atoms with Crippen molar-refractivity contribution in [1.29, 1.82) is 0 Å². The van der Waals surface area contributed by atoms with Crippen molar-refractivity contribution in [2.24, 2.45) is 5.10 Å². The molecule has 0 aliphatic carbocycles. The lowest BCUT2D eigenvalue weighted by Crippen LogP contribution is -2.21. The van der Waals surface area contributed by atoms with Gasteiger partial charge in [0.05, 0.1) is 36.4 Å². The minimum Gasteiger partial charge on any atom is -0.494 e. The molecule has 46 heavy (non-hydrogen) atoms. The van der Waals surface area contributed by atoms with Gasteiger partial charge in [-0.15, -0.1) is 0 Å². The van der Waals surface area contributed by atoms with E-state index in [1.54, 1.807) is 36.5 Å². The first-order valence-corrected chi connectivity index (χ1v) is 15.6. The monoisotopic (exact) mass is 683 g/mol. The average molecular weight is 685 g/mol. The van der Waals surface area contributed by atoms with E-state index in [4.69, 9.17) is 24.3 Å². The highest BCUT2D eigenvalue weighted by Gasteiger charge is 2.19. The van der Waals surface area contributed by atoms with Crippen molar-refractivity contribution in [3.63, 3.8) is 0 Å². The van der Waals surface area contributed by atoms with Crippen LogP contribution in [0.25, 0.3) is 22.3 Å². The topological polar surface area (TPSA) is 112 Å². The second-order valence-corrected chi connectivity index (χ2v) is 11.8. The van der Waals surface area contributed by atoms with Gasteiger partial charge in [0.25, 0.3) is 5.56 Å². The number of hydrogen-bond acceptors (Lipinski definition) is 7. The molecular formula is C36H34BrN3O6. The molecule has 0 aliphatic rings. The van der Waals surface area contributed by atoms with Crippen LogP contribution in [0.1, 0.15) is 59.3 Å². The lowest BCUT2D eigenvalue weighted by atomic mass is 9.96. The van der Waals surface area contributed by atoms with Gasteiger partial charge in [0, 0.05) is 15.6 Å². The summed E-state index contributed by atoms with van der Waals surface area (Å²) in [6.07, 6.45) is 1.55. The Kier molecular flexibility index (Phi) is 9.87. The van der Waals surface area contributed by atoms with Crippen molar-refractivity contribution < 1.29 is 24.1 Å². The van der Waals surface area contributed by atoms with Crippen LogP contribution in [0.4, 0.5) is 0 Å². The Morgan fingerprint density at radius 1 is 1.04 bits per heavy atom. The molecular weight excluding hydrogens is 650 g/mol. The molecule has 0 atom stereocenters. The molecule has 10 heteroatoms. The van der Waals surface area contributed by atoms with Crippen LogP contribution in [0.15, 0.2) is 87.2 Å². The van der Waals surface area contributed by atoms with Crippen LogP contribution in [-0.2, 0) is 6.61 Å². The van der Waals surface area contributed by atoms with Gasteiger partial charge in [0.1, 0.15) is 12.4 Å². The zero-order valence-electron chi connectivity index (χ0n) is 26.2. The molecule has 0 radical (unpaired) electrons. The summed E-state index contributed by atoms with van der Waals surface area (Å²) in [5, 5.41) is 14.4. The maximum absolute atomic E-state index is 14.0. The maximum atomic E-state index is 14.0. The van der Waals surface area contributed by atoms with Crippen LogP contribution in [0.3, 0.4) is 0 Å². The zero-order valence-corrected chi connectivity index (χ0v) is 27.8. The van der Waals surface area contributed by atoms with Gasteiger partial charge in [0.15, 0.2) is 17.3 Å². The molecule has 1 aromatic heterocycles. The minimum atomic E-state index is -1.00. The molecule has 5 aromatic rings. The highest BCUT2D eigenvalue weighted by Crippen LogP contribution is 2.36. The number of aromatic nitrogens is 2. The SMILES string of the molecule is CCOc1cc(C)c(-c2nc3ccccc3c(=O)n2N=Cc2cc(Br)cc(OC)c2OCc2ccc(C(=O)O)cc2)cc1C(C)C. The van der Waals surface area contributed by atoms with Gasteiger partial charge < -0.3 is 19.3 Å². The van der Waals surface area contributed by atoms with Gasteiger partial charge in [0.2, 0.25) is 0 Å². The van der Waals surface area contributed by atoms with Crippen LogP contribution in [0, 0.1) is 6.92 Å². The summed E-state index contributed by atoms with van der Waals surface area (Å²) < 4.78 is 19.8. The number of aryl methyl sites for hydroxylation is 1. The molecule has 0 saturated carbocycles. The fourth-order valence-corrected chi connectivity index (χ4v) is 5.54. The first kappa shape index (κ1) is 32.4. The van der Waals surface area contributed by atoms with E-state index in [1.165, 1.54) is 23.9 Å². The fourth-order valence-electron chi connectivity index (χ4n) is 5.09. The third-order valence-electron chi connectivity index (χ3n) is 7.44. The lowest BCUT2D eigenvalue weighted by molar-refractivity contribution is 0.0697. The minimum absolute atomic E-state index is 0.144. The molecule has 9 nitrogen and oxygen atoms in total. The standard InChI is InChI=1S/C36H34BrN3O6/c1-6-45-31-15-22(4)29(18-28(31)21(2)3)34-39-30-10-8-7-9-27(30)35(41)40(34)38-19-25-16-26(37)17-32(44-5)33(25)46-20-23-11-13-24(14-12-23)36(42)43/h7-19,21H,6,20H2,1-5H3,(H,42,43). The van der Waals surface area contributed by atoms with Crippen LogP contribution in [-0.4, -0.2) is 40.7 Å². The number of carboxylic acids is 1. The lowest BCUT2D eigenvalue weighted by Gasteiger charge is -2.18. The van der Waals surface area contributed by atoms with E-state index in [9.17, 15) is 14.7 Å². The third-order valence-corrected chi connectivity index (χ3v) is 7.90. The highest BCUT2D eigenvalue weighted by atomic mass is 79.9. The van der Waals surface area contributed by atoms with Gasteiger partial charge in [-0.3, -0.25) is 4.79 Å². The van der Waals surface area contributed by atoms with Crippen molar-refractivity contribution >= 4 is 39.0 Å². The molecule has 1 N–H and O–H groups in total. The van der Waals surface area contributed by atoms with Crippen molar-refractivity contribution in [1.82, 2.24) is 9.66 Å². The highest BCUT2D eigenvalue weighted by molar-refractivity contribution is 9.10.